The molecule has 6 aromatic carbocycles. The van der Waals surface area contributed by atoms with Gasteiger partial charge in [0, 0.05) is 33.2 Å². The molecule has 56 heavy (non-hydrogen) atoms. The fourth-order valence-corrected chi connectivity index (χ4v) is 14.3. The van der Waals surface area contributed by atoms with Gasteiger partial charge in [-0.3, -0.25) is 0 Å². The van der Waals surface area contributed by atoms with Gasteiger partial charge in [0.25, 0.3) is 0 Å². The van der Waals surface area contributed by atoms with Crippen molar-refractivity contribution < 1.29 is 4.42 Å². The van der Waals surface area contributed by atoms with E-state index in [-0.39, 0.29) is 16.2 Å². The summed E-state index contributed by atoms with van der Waals surface area (Å²) in [6.45, 7) is 9.69. The van der Waals surface area contributed by atoms with E-state index >= 15 is 0 Å². The lowest BCUT2D eigenvalue weighted by Gasteiger charge is -2.76. The predicted octanol–water partition coefficient (Wildman–Crippen LogP) is 14.4. The zero-order valence-corrected chi connectivity index (χ0v) is 33.0. The molecule has 1 heterocycles. The molecule has 4 saturated carbocycles. The summed E-state index contributed by atoms with van der Waals surface area (Å²) in [5.41, 5.74) is 18.4. The van der Waals surface area contributed by atoms with E-state index in [4.69, 9.17) is 4.42 Å². The van der Waals surface area contributed by atoms with E-state index in [0.29, 0.717) is 5.41 Å². The average Bonchev–Trinajstić information content (AvgIpc) is 3.94. The lowest BCUT2D eigenvalue weighted by Crippen LogP contribution is -2.73. The highest BCUT2D eigenvalue weighted by atomic mass is 16.3. The van der Waals surface area contributed by atoms with E-state index in [9.17, 15) is 0 Å². The van der Waals surface area contributed by atoms with E-state index in [0.717, 1.165) is 51.3 Å². The smallest absolute Gasteiger partial charge is 0.135 e. The second kappa shape index (κ2) is 10.5. The zero-order chi connectivity index (χ0) is 37.3. The van der Waals surface area contributed by atoms with Gasteiger partial charge < -0.3 is 9.32 Å². The molecule has 0 radical (unpaired) electrons. The third-order valence-electron chi connectivity index (χ3n) is 16.8. The molecule has 0 amide bonds. The van der Waals surface area contributed by atoms with Crippen molar-refractivity contribution >= 4 is 39.0 Å². The Morgan fingerprint density at radius 3 is 2.05 bits per heavy atom. The Hall–Kier alpha value is -5.08. The standard InChI is InChI=1S/C54H49NO/c1-51(2)23-24-52(3,4)46-30-38(18-21-44(46)51)55(37-19-22-48-42(29-37)41-10-6-8-12-47(41)56-48)36-16-13-33(14-17-36)34-15-20-40-39-9-5-7-11-43(39)54(45(40)27-34)49-26-32-25-35-28-50(54)53(35,49)31-32/h5-22,27,29-30,32,35,49-50H,23-26,28,31H2,1-4H3. The Bertz CT molecular complexity index is 2820. The molecule has 7 aromatic rings. The largest absolute Gasteiger partial charge is 0.456 e. The summed E-state index contributed by atoms with van der Waals surface area (Å²) in [4.78, 5) is 2.47. The number of fused-ring (bicyclic) bond motifs is 12. The molecule has 2 heteroatoms. The number of para-hydroxylation sites is 1. The van der Waals surface area contributed by atoms with E-state index in [1.165, 1.54) is 83.3 Å². The van der Waals surface area contributed by atoms with Gasteiger partial charge in [0.05, 0.1) is 0 Å². The quantitative estimate of drug-likeness (QED) is 0.179. The van der Waals surface area contributed by atoms with Crippen molar-refractivity contribution in [3.05, 3.63) is 150 Å². The number of rotatable bonds is 4. The Morgan fingerprint density at radius 1 is 0.518 bits per heavy atom. The van der Waals surface area contributed by atoms with Crippen LogP contribution in [0.4, 0.5) is 17.1 Å². The topological polar surface area (TPSA) is 16.4 Å². The Labute approximate surface area is 330 Å². The molecule has 2 bridgehead atoms. The zero-order valence-electron chi connectivity index (χ0n) is 33.0. The van der Waals surface area contributed by atoms with Crippen molar-refractivity contribution in [2.24, 2.45) is 29.1 Å². The molecule has 276 valence electrons. The molecular weight excluding hydrogens is 679 g/mol. The maximum absolute atomic E-state index is 6.29. The second-order valence-electron chi connectivity index (χ2n) is 20.0. The predicted molar refractivity (Wildman–Crippen MR) is 230 cm³/mol. The van der Waals surface area contributed by atoms with Gasteiger partial charge in [0.15, 0.2) is 0 Å². The van der Waals surface area contributed by atoms with Gasteiger partial charge in [0.1, 0.15) is 11.2 Å². The summed E-state index contributed by atoms with van der Waals surface area (Å²) >= 11 is 0. The van der Waals surface area contributed by atoms with Crippen LogP contribution in [0.15, 0.2) is 132 Å². The van der Waals surface area contributed by atoms with E-state index in [2.05, 4.69) is 160 Å². The van der Waals surface area contributed by atoms with Gasteiger partial charge in [0.2, 0.25) is 0 Å². The number of nitrogens with zero attached hydrogens (tertiary/aromatic N) is 1. The summed E-state index contributed by atoms with van der Waals surface area (Å²) < 4.78 is 6.29. The molecule has 0 N–H and O–H groups in total. The lowest BCUT2D eigenvalue weighted by atomic mass is 9.27. The SMILES string of the molecule is CC1(C)CCC(C)(C)c2cc(N(c3ccc(-c4ccc5c(c4)C4(c6ccccc6-5)C5CC6CC7CC4C75C6)cc3)c3ccc4oc5ccccc5c4c3)ccc21. The van der Waals surface area contributed by atoms with Crippen LogP contribution in [0.3, 0.4) is 0 Å². The van der Waals surface area contributed by atoms with Crippen molar-refractivity contribution in [1.82, 2.24) is 0 Å². The van der Waals surface area contributed by atoms with Gasteiger partial charge in [-0.25, -0.2) is 0 Å². The van der Waals surface area contributed by atoms with Crippen LogP contribution in [0.2, 0.25) is 0 Å². The molecule has 13 rings (SSSR count). The first-order chi connectivity index (χ1) is 27.2. The van der Waals surface area contributed by atoms with Crippen LogP contribution in [0.25, 0.3) is 44.2 Å². The molecule has 1 aromatic heterocycles. The van der Waals surface area contributed by atoms with Crippen molar-refractivity contribution in [3.63, 3.8) is 0 Å². The molecule has 6 aliphatic carbocycles. The molecule has 4 fully saturated rings. The first kappa shape index (κ1) is 32.1. The normalized spacial score (nSPS) is 29.1. The van der Waals surface area contributed by atoms with Crippen molar-refractivity contribution in [2.45, 2.75) is 82.5 Å². The lowest BCUT2D eigenvalue weighted by molar-refractivity contribution is -0.231. The number of hydrogen-bond donors (Lipinski definition) is 0. The fourth-order valence-electron chi connectivity index (χ4n) is 14.3. The molecule has 2 nitrogen and oxygen atoms in total. The van der Waals surface area contributed by atoms with Gasteiger partial charge in [-0.2, -0.15) is 0 Å². The monoisotopic (exact) mass is 727 g/mol. The summed E-state index contributed by atoms with van der Waals surface area (Å²) in [6.07, 6.45) is 8.29. The van der Waals surface area contributed by atoms with Crippen LogP contribution in [-0.4, -0.2) is 0 Å². The molecule has 2 spiro atoms. The Morgan fingerprint density at radius 2 is 1.20 bits per heavy atom. The summed E-state index contributed by atoms with van der Waals surface area (Å²) in [5.74, 6) is 3.60. The molecule has 6 unspecified atom stereocenters. The van der Waals surface area contributed by atoms with Gasteiger partial charge >= 0.3 is 0 Å². The molecule has 0 saturated heterocycles. The van der Waals surface area contributed by atoms with Crippen LogP contribution in [-0.2, 0) is 16.2 Å². The highest BCUT2D eigenvalue weighted by Crippen LogP contribution is 2.89. The third kappa shape index (κ3) is 3.80. The minimum absolute atomic E-state index is 0.115. The molecule has 6 aliphatic rings. The highest BCUT2D eigenvalue weighted by molar-refractivity contribution is 6.06. The van der Waals surface area contributed by atoms with Crippen molar-refractivity contribution in [2.75, 3.05) is 4.90 Å². The van der Waals surface area contributed by atoms with Crippen LogP contribution in [0.5, 0.6) is 0 Å². The number of benzene rings is 6. The van der Waals surface area contributed by atoms with Crippen LogP contribution < -0.4 is 4.90 Å². The van der Waals surface area contributed by atoms with Gasteiger partial charge in [-0.15, -0.1) is 0 Å². The van der Waals surface area contributed by atoms with Gasteiger partial charge in [-0.05, 0) is 178 Å². The van der Waals surface area contributed by atoms with Crippen molar-refractivity contribution in [1.29, 1.82) is 0 Å². The summed E-state index contributed by atoms with van der Waals surface area (Å²) in [6, 6.07) is 48.8. The maximum Gasteiger partial charge on any atom is 0.135 e. The van der Waals surface area contributed by atoms with Crippen molar-refractivity contribution in [3.8, 4) is 22.3 Å². The van der Waals surface area contributed by atoms with E-state index in [1.807, 2.05) is 0 Å². The summed E-state index contributed by atoms with van der Waals surface area (Å²) in [7, 11) is 0. The molecule has 6 atom stereocenters. The number of anilines is 3. The minimum Gasteiger partial charge on any atom is -0.456 e. The Kier molecular flexibility index (Phi) is 5.98. The number of furan rings is 1. The molecular formula is C54H49NO. The average molecular weight is 728 g/mol. The van der Waals surface area contributed by atoms with E-state index < -0.39 is 0 Å². The second-order valence-corrected chi connectivity index (χ2v) is 20.0. The van der Waals surface area contributed by atoms with Gasteiger partial charge in [-0.1, -0.05) is 100 Å². The first-order valence-electron chi connectivity index (χ1n) is 21.4. The first-order valence-corrected chi connectivity index (χ1v) is 21.4. The maximum atomic E-state index is 6.29. The van der Waals surface area contributed by atoms with Crippen LogP contribution >= 0.6 is 0 Å². The minimum atomic E-state index is 0.115. The Balaban J connectivity index is 0.935. The summed E-state index contributed by atoms with van der Waals surface area (Å²) in [5, 5.41) is 2.31. The van der Waals surface area contributed by atoms with E-state index in [1.54, 1.807) is 11.1 Å². The number of hydrogen-bond acceptors (Lipinski definition) is 2. The fraction of sp³-hybridized carbons (Fsp3) is 0.333. The third-order valence-corrected chi connectivity index (χ3v) is 16.8. The molecule has 0 aliphatic heterocycles. The van der Waals surface area contributed by atoms with Crippen LogP contribution in [0.1, 0.15) is 88.5 Å². The van der Waals surface area contributed by atoms with Crippen LogP contribution in [0, 0.1) is 29.1 Å². The highest BCUT2D eigenvalue weighted by Gasteiger charge is 2.84.